The molecule has 4 rings (SSSR count). The number of oxime groups is 1. The molecule has 0 saturated heterocycles. The maximum atomic E-state index is 13.3. The lowest BCUT2D eigenvalue weighted by Gasteiger charge is -2.26. The number of phenolic OH excluding ortho intramolecular Hbond substituents is 1. The molecule has 32 heavy (non-hydrogen) atoms. The van der Waals surface area contributed by atoms with Gasteiger partial charge in [0, 0.05) is 18.8 Å². The van der Waals surface area contributed by atoms with Crippen LogP contribution in [0.15, 0.2) is 41.8 Å². The molecule has 1 atom stereocenters. The smallest absolute Gasteiger partial charge is 0.255 e. The summed E-state index contributed by atoms with van der Waals surface area (Å²) in [6, 6.07) is 6.69. The van der Waals surface area contributed by atoms with E-state index >= 15 is 0 Å². The first-order valence-corrected chi connectivity index (χ1v) is 10.9. The number of carbonyl (C=O) groups excluding carboxylic acids is 1. The van der Waals surface area contributed by atoms with Crippen LogP contribution >= 0.6 is 0 Å². The molecule has 3 aromatic rings. The van der Waals surface area contributed by atoms with Crippen LogP contribution in [0, 0.1) is 0 Å². The summed E-state index contributed by atoms with van der Waals surface area (Å²) >= 11 is 0. The van der Waals surface area contributed by atoms with Crippen molar-refractivity contribution in [3.8, 4) is 5.75 Å². The lowest BCUT2D eigenvalue weighted by molar-refractivity contribution is 0.0940. The van der Waals surface area contributed by atoms with Crippen LogP contribution in [0.3, 0.4) is 0 Å². The first-order chi connectivity index (χ1) is 15.5. The Hall–Kier alpha value is -3.62. The highest BCUT2D eigenvalue weighted by atomic mass is 16.4. The molecule has 0 radical (unpaired) electrons. The van der Waals surface area contributed by atoms with E-state index in [4.69, 9.17) is 5.21 Å². The summed E-state index contributed by atoms with van der Waals surface area (Å²) in [5.41, 5.74) is 3.50. The molecule has 1 fully saturated rings. The Balaban J connectivity index is 1.64. The van der Waals surface area contributed by atoms with Crippen molar-refractivity contribution in [1.29, 1.82) is 0 Å². The molecule has 1 unspecified atom stereocenters. The number of nitrogens with zero attached hydrogens (tertiary/aromatic N) is 4. The van der Waals surface area contributed by atoms with Crippen LogP contribution in [-0.2, 0) is 6.54 Å². The summed E-state index contributed by atoms with van der Waals surface area (Å²) in [7, 11) is 0. The molecule has 168 valence electrons. The van der Waals surface area contributed by atoms with E-state index in [1.807, 2.05) is 19.9 Å². The number of carbonyl (C=O) groups is 1. The van der Waals surface area contributed by atoms with Crippen LogP contribution in [0.4, 0.5) is 5.69 Å². The minimum absolute atomic E-state index is 0.145. The highest BCUT2D eigenvalue weighted by Gasteiger charge is 2.24. The van der Waals surface area contributed by atoms with E-state index in [1.54, 1.807) is 35.3 Å². The monoisotopic (exact) mass is 436 g/mol. The van der Waals surface area contributed by atoms with E-state index in [-0.39, 0.29) is 23.7 Å². The van der Waals surface area contributed by atoms with Gasteiger partial charge in [0.15, 0.2) is 5.65 Å². The van der Waals surface area contributed by atoms with E-state index < -0.39 is 0 Å². The van der Waals surface area contributed by atoms with E-state index in [9.17, 15) is 9.90 Å². The number of rotatable bonds is 6. The van der Waals surface area contributed by atoms with E-state index in [1.165, 1.54) is 0 Å². The zero-order chi connectivity index (χ0) is 22.7. The van der Waals surface area contributed by atoms with Crippen LogP contribution in [0.1, 0.15) is 61.5 Å². The molecule has 0 spiro atoms. The van der Waals surface area contributed by atoms with Gasteiger partial charge in [-0.05, 0) is 57.2 Å². The molecular weight excluding hydrogens is 408 g/mol. The first kappa shape index (κ1) is 21.6. The molecular formula is C23H28N6O3. The standard InChI is InChI=1S/C23H28N6O3/c1-3-29-22-19(13-25-29)21(27-16-7-9-17(28-32)10-8-16)20(12-24-22)23(31)26-14(2)15-5-4-6-18(30)11-15/h4-6,11-14,16,30,32H,3,7-10H2,1-2H3,(H,24,27)(H,26,31). The van der Waals surface area contributed by atoms with Gasteiger partial charge in [0.2, 0.25) is 0 Å². The molecule has 1 aromatic carbocycles. The lowest BCUT2D eigenvalue weighted by atomic mass is 9.93. The quantitative estimate of drug-likeness (QED) is 0.344. The molecule has 0 aliphatic heterocycles. The van der Waals surface area contributed by atoms with Gasteiger partial charge in [-0.3, -0.25) is 4.79 Å². The molecule has 1 aliphatic carbocycles. The number of hydrogen-bond acceptors (Lipinski definition) is 7. The predicted octanol–water partition coefficient (Wildman–Crippen LogP) is 3.83. The highest BCUT2D eigenvalue weighted by Crippen LogP contribution is 2.30. The average molecular weight is 437 g/mol. The number of aromatic nitrogens is 3. The van der Waals surface area contributed by atoms with Gasteiger partial charge in [0.05, 0.1) is 34.6 Å². The van der Waals surface area contributed by atoms with Crippen molar-refractivity contribution in [2.75, 3.05) is 5.32 Å². The van der Waals surface area contributed by atoms with Gasteiger partial charge < -0.3 is 20.9 Å². The fourth-order valence-corrected chi connectivity index (χ4v) is 4.14. The van der Waals surface area contributed by atoms with Gasteiger partial charge >= 0.3 is 0 Å². The minimum atomic E-state index is -0.297. The maximum absolute atomic E-state index is 13.3. The zero-order valence-corrected chi connectivity index (χ0v) is 18.2. The second-order valence-electron chi connectivity index (χ2n) is 8.12. The molecule has 9 heteroatoms. The zero-order valence-electron chi connectivity index (χ0n) is 18.2. The second kappa shape index (κ2) is 9.25. The molecule has 0 bridgehead atoms. The third-order valence-corrected chi connectivity index (χ3v) is 5.98. The fraction of sp³-hybridized carbons (Fsp3) is 0.391. The first-order valence-electron chi connectivity index (χ1n) is 10.9. The third-order valence-electron chi connectivity index (χ3n) is 5.98. The number of pyridine rings is 1. The summed E-state index contributed by atoms with van der Waals surface area (Å²) in [4.78, 5) is 17.8. The second-order valence-corrected chi connectivity index (χ2v) is 8.12. The van der Waals surface area contributed by atoms with Gasteiger partial charge in [-0.2, -0.15) is 5.10 Å². The Labute approximate surface area is 186 Å². The van der Waals surface area contributed by atoms with Gasteiger partial charge in [-0.25, -0.2) is 9.67 Å². The van der Waals surface area contributed by atoms with E-state index in [0.29, 0.717) is 30.6 Å². The van der Waals surface area contributed by atoms with Crippen LogP contribution < -0.4 is 10.6 Å². The number of amides is 1. The van der Waals surface area contributed by atoms with E-state index in [2.05, 4.69) is 25.9 Å². The van der Waals surface area contributed by atoms with Crippen LogP contribution in [0.25, 0.3) is 11.0 Å². The van der Waals surface area contributed by atoms with Gasteiger partial charge in [-0.15, -0.1) is 0 Å². The number of aryl methyl sites for hydroxylation is 1. The van der Waals surface area contributed by atoms with Gasteiger partial charge in [0.1, 0.15) is 5.75 Å². The van der Waals surface area contributed by atoms with Crippen LogP contribution in [0.2, 0.25) is 0 Å². The lowest BCUT2D eigenvalue weighted by Crippen LogP contribution is -2.30. The summed E-state index contributed by atoms with van der Waals surface area (Å²) < 4.78 is 1.80. The number of nitrogens with one attached hydrogen (secondary N) is 2. The molecule has 9 nitrogen and oxygen atoms in total. The summed E-state index contributed by atoms with van der Waals surface area (Å²) in [5.74, 6) is -0.0977. The Morgan fingerprint density at radius 3 is 2.78 bits per heavy atom. The normalized spacial score (nSPS) is 17.2. The Kier molecular flexibility index (Phi) is 6.25. The maximum Gasteiger partial charge on any atom is 0.255 e. The van der Waals surface area contributed by atoms with E-state index in [0.717, 1.165) is 35.2 Å². The molecule has 1 aliphatic rings. The summed E-state index contributed by atoms with van der Waals surface area (Å²) in [6.45, 7) is 4.54. The minimum Gasteiger partial charge on any atom is -0.508 e. The summed E-state index contributed by atoms with van der Waals surface area (Å²) in [5, 5.41) is 33.9. The number of anilines is 1. The van der Waals surface area contributed by atoms with Crippen molar-refractivity contribution in [3.63, 3.8) is 0 Å². The number of benzene rings is 1. The summed E-state index contributed by atoms with van der Waals surface area (Å²) in [6.07, 6.45) is 6.39. The number of hydrogen-bond donors (Lipinski definition) is 4. The molecule has 2 heterocycles. The van der Waals surface area contributed by atoms with Gasteiger partial charge in [0.25, 0.3) is 5.91 Å². The molecule has 1 amide bonds. The fourth-order valence-electron chi connectivity index (χ4n) is 4.14. The Morgan fingerprint density at radius 1 is 1.31 bits per heavy atom. The molecule has 4 N–H and O–H groups in total. The number of fused-ring (bicyclic) bond motifs is 1. The van der Waals surface area contributed by atoms with Crippen LogP contribution in [-0.4, -0.2) is 42.7 Å². The van der Waals surface area contributed by atoms with Crippen molar-refractivity contribution in [3.05, 3.63) is 47.8 Å². The van der Waals surface area contributed by atoms with Crippen molar-refractivity contribution in [2.24, 2.45) is 5.16 Å². The predicted molar refractivity (Wildman–Crippen MR) is 122 cm³/mol. The van der Waals surface area contributed by atoms with Crippen LogP contribution in [0.5, 0.6) is 5.75 Å². The highest BCUT2D eigenvalue weighted by molar-refractivity contribution is 6.06. The average Bonchev–Trinajstić information content (AvgIpc) is 3.23. The number of phenols is 1. The van der Waals surface area contributed by atoms with Crippen molar-refractivity contribution < 1.29 is 15.1 Å². The molecule has 2 aromatic heterocycles. The van der Waals surface area contributed by atoms with Gasteiger partial charge in [-0.1, -0.05) is 17.3 Å². The molecule has 1 saturated carbocycles. The van der Waals surface area contributed by atoms with Crippen molar-refractivity contribution in [1.82, 2.24) is 20.1 Å². The van der Waals surface area contributed by atoms with Crippen molar-refractivity contribution >= 4 is 28.3 Å². The largest absolute Gasteiger partial charge is 0.508 e. The van der Waals surface area contributed by atoms with Crippen molar-refractivity contribution in [2.45, 2.75) is 58.2 Å². The Bertz CT molecular complexity index is 1150. The Morgan fingerprint density at radius 2 is 2.09 bits per heavy atom. The topological polar surface area (TPSA) is 125 Å². The third kappa shape index (κ3) is 4.37. The number of aromatic hydroxyl groups is 1. The SMILES string of the molecule is CCn1ncc2c(NC3CCC(=NO)CC3)c(C(=O)NC(C)c3cccc(O)c3)cnc21.